The van der Waals surface area contributed by atoms with Crippen LogP contribution in [0.25, 0.3) is 0 Å². The summed E-state index contributed by atoms with van der Waals surface area (Å²) in [4.78, 5) is 15.5. The average molecular weight is 239 g/mol. The van der Waals surface area contributed by atoms with Crippen molar-refractivity contribution in [3.05, 3.63) is 12.4 Å². The van der Waals surface area contributed by atoms with Crippen LogP contribution in [0.15, 0.2) is 12.4 Å². The summed E-state index contributed by atoms with van der Waals surface area (Å²) in [5, 5.41) is 12.3. The van der Waals surface area contributed by atoms with E-state index in [9.17, 15) is 9.90 Å². The fourth-order valence-corrected chi connectivity index (χ4v) is 1.53. The molecular weight excluding hydrogens is 218 g/mol. The van der Waals surface area contributed by atoms with E-state index in [0.29, 0.717) is 18.3 Å². The van der Waals surface area contributed by atoms with Gasteiger partial charge in [-0.3, -0.25) is 0 Å². The Morgan fingerprint density at radius 1 is 1.65 bits per heavy atom. The lowest BCUT2D eigenvalue weighted by atomic mass is 9.92. The summed E-state index contributed by atoms with van der Waals surface area (Å²) in [7, 11) is 1.83. The molecule has 2 N–H and O–H groups in total. The summed E-state index contributed by atoms with van der Waals surface area (Å²) in [6, 6.07) is 0. The van der Waals surface area contributed by atoms with Gasteiger partial charge < -0.3 is 15.0 Å². The average Bonchev–Trinajstić information content (AvgIpc) is 2.61. The summed E-state index contributed by atoms with van der Waals surface area (Å²) in [5.41, 5.74) is -0.969. The molecule has 0 radical (unpaired) electrons. The van der Waals surface area contributed by atoms with Gasteiger partial charge in [0.25, 0.3) is 0 Å². The largest absolute Gasteiger partial charge is 0.480 e. The summed E-state index contributed by atoms with van der Waals surface area (Å²) in [5.74, 6) is 0.219. The van der Waals surface area contributed by atoms with Gasteiger partial charge >= 0.3 is 5.97 Å². The van der Waals surface area contributed by atoms with E-state index in [0.717, 1.165) is 6.42 Å². The topological polar surface area (TPSA) is 67.2 Å². The van der Waals surface area contributed by atoms with Crippen LogP contribution in [0.1, 0.15) is 33.6 Å². The van der Waals surface area contributed by atoms with E-state index >= 15 is 0 Å². The first-order valence-corrected chi connectivity index (χ1v) is 5.84. The molecular formula is C12H21N3O2. The fourth-order valence-electron chi connectivity index (χ4n) is 1.53. The molecule has 0 bridgehead atoms. The summed E-state index contributed by atoms with van der Waals surface area (Å²) >= 11 is 0. The predicted molar refractivity (Wildman–Crippen MR) is 66.9 cm³/mol. The molecule has 1 unspecified atom stereocenters. The van der Waals surface area contributed by atoms with Gasteiger partial charge in [0.15, 0.2) is 0 Å². The quantitative estimate of drug-likeness (QED) is 0.798. The van der Waals surface area contributed by atoms with E-state index in [1.807, 2.05) is 7.05 Å². The molecule has 0 fully saturated rings. The molecule has 17 heavy (non-hydrogen) atoms. The summed E-state index contributed by atoms with van der Waals surface area (Å²) in [6.45, 7) is 5.87. The lowest BCUT2D eigenvalue weighted by Gasteiger charge is -2.27. The monoisotopic (exact) mass is 239 g/mol. The van der Waals surface area contributed by atoms with Crippen LogP contribution in [0.5, 0.6) is 0 Å². The molecule has 0 amide bonds. The Balaban J connectivity index is 2.78. The molecule has 0 aliphatic rings. The number of imidazole rings is 1. The zero-order chi connectivity index (χ0) is 13.1. The number of carbonyl (C=O) groups is 1. The molecule has 0 aliphatic heterocycles. The second-order valence-electron chi connectivity index (χ2n) is 5.06. The van der Waals surface area contributed by atoms with Gasteiger partial charge in [0, 0.05) is 19.4 Å². The zero-order valence-electron chi connectivity index (χ0n) is 10.9. The lowest BCUT2D eigenvalue weighted by Crippen LogP contribution is -2.44. The third-order valence-corrected chi connectivity index (χ3v) is 2.90. The van der Waals surface area contributed by atoms with Gasteiger partial charge in [-0.1, -0.05) is 13.8 Å². The molecule has 5 nitrogen and oxygen atoms in total. The van der Waals surface area contributed by atoms with Crippen molar-refractivity contribution in [3.8, 4) is 0 Å². The highest BCUT2D eigenvalue weighted by Crippen LogP contribution is 2.21. The second-order valence-corrected chi connectivity index (χ2v) is 5.06. The van der Waals surface area contributed by atoms with Gasteiger partial charge in [-0.25, -0.2) is 9.78 Å². The van der Waals surface area contributed by atoms with Gasteiger partial charge in [0.05, 0.1) is 0 Å². The van der Waals surface area contributed by atoms with Crippen LogP contribution in [0.4, 0.5) is 5.95 Å². The number of aliphatic carboxylic acids is 1. The first-order valence-electron chi connectivity index (χ1n) is 5.84. The van der Waals surface area contributed by atoms with Gasteiger partial charge in [0.1, 0.15) is 5.54 Å². The predicted octanol–water partition coefficient (Wildman–Crippen LogP) is 2.11. The Labute approximate surface area is 102 Å². The maximum Gasteiger partial charge on any atom is 0.329 e. The maximum absolute atomic E-state index is 11.4. The van der Waals surface area contributed by atoms with Gasteiger partial charge in [-0.15, -0.1) is 0 Å². The van der Waals surface area contributed by atoms with Crippen LogP contribution in [0, 0.1) is 5.92 Å². The van der Waals surface area contributed by atoms with Crippen molar-refractivity contribution in [1.29, 1.82) is 0 Å². The van der Waals surface area contributed by atoms with Crippen LogP contribution in [-0.4, -0.2) is 26.2 Å². The van der Waals surface area contributed by atoms with E-state index in [-0.39, 0.29) is 0 Å². The van der Waals surface area contributed by atoms with Crippen molar-refractivity contribution in [3.63, 3.8) is 0 Å². The molecule has 1 aromatic heterocycles. The minimum absolute atomic E-state index is 0.483. The highest BCUT2D eigenvalue weighted by Gasteiger charge is 2.33. The Morgan fingerprint density at radius 3 is 2.71 bits per heavy atom. The maximum atomic E-state index is 11.4. The normalized spacial score (nSPS) is 14.6. The second kappa shape index (κ2) is 5.21. The minimum atomic E-state index is -0.969. The fraction of sp³-hybridized carbons (Fsp3) is 0.667. The van der Waals surface area contributed by atoms with E-state index in [1.54, 1.807) is 23.9 Å². The highest BCUT2D eigenvalue weighted by molar-refractivity contribution is 5.81. The summed E-state index contributed by atoms with van der Waals surface area (Å²) < 4.78 is 1.77. The third kappa shape index (κ3) is 3.47. The first kappa shape index (κ1) is 13.5. The lowest BCUT2D eigenvalue weighted by molar-refractivity contribution is -0.142. The third-order valence-electron chi connectivity index (χ3n) is 2.90. The van der Waals surface area contributed by atoms with E-state index in [1.165, 1.54) is 0 Å². The van der Waals surface area contributed by atoms with Crippen LogP contribution >= 0.6 is 0 Å². The number of carboxylic acids is 1. The summed E-state index contributed by atoms with van der Waals surface area (Å²) in [6.07, 6.45) is 4.87. The van der Waals surface area contributed by atoms with Crippen LogP contribution in [0.2, 0.25) is 0 Å². The molecule has 0 aromatic carbocycles. The number of carboxylic acid groups (broad SMARTS) is 1. The van der Waals surface area contributed by atoms with Crippen LogP contribution in [0.3, 0.4) is 0 Å². The number of nitrogens with zero attached hydrogens (tertiary/aromatic N) is 2. The number of hydrogen-bond donors (Lipinski definition) is 2. The number of hydrogen-bond acceptors (Lipinski definition) is 3. The van der Waals surface area contributed by atoms with Crippen molar-refractivity contribution in [2.24, 2.45) is 13.0 Å². The highest BCUT2D eigenvalue weighted by atomic mass is 16.4. The first-order chi connectivity index (χ1) is 7.85. The number of rotatable bonds is 6. The van der Waals surface area contributed by atoms with Crippen molar-refractivity contribution in [2.75, 3.05) is 5.32 Å². The number of anilines is 1. The van der Waals surface area contributed by atoms with Gasteiger partial charge in [-0.05, 0) is 25.7 Å². The minimum Gasteiger partial charge on any atom is -0.480 e. The molecule has 0 saturated heterocycles. The molecule has 0 spiro atoms. The molecule has 5 heteroatoms. The number of aromatic nitrogens is 2. The van der Waals surface area contributed by atoms with Crippen LogP contribution in [-0.2, 0) is 11.8 Å². The molecule has 1 heterocycles. The molecule has 0 saturated carbocycles. The molecule has 1 aromatic rings. The molecule has 96 valence electrons. The Morgan fingerprint density at radius 2 is 2.29 bits per heavy atom. The standard InChI is InChI=1S/C12H21N3O2/c1-9(2)5-6-12(3,10(16)17)14-11-13-7-8-15(11)4/h7-9H,5-6H2,1-4H3,(H,13,14)(H,16,17). The van der Waals surface area contributed by atoms with Crippen molar-refractivity contribution in [1.82, 2.24) is 9.55 Å². The van der Waals surface area contributed by atoms with E-state index in [4.69, 9.17) is 0 Å². The van der Waals surface area contributed by atoms with Crippen molar-refractivity contribution >= 4 is 11.9 Å². The van der Waals surface area contributed by atoms with E-state index in [2.05, 4.69) is 24.1 Å². The molecule has 0 aliphatic carbocycles. The zero-order valence-corrected chi connectivity index (χ0v) is 10.9. The molecule has 1 rings (SSSR count). The van der Waals surface area contributed by atoms with Crippen LogP contribution < -0.4 is 5.32 Å². The van der Waals surface area contributed by atoms with E-state index < -0.39 is 11.5 Å². The number of nitrogens with one attached hydrogen (secondary N) is 1. The van der Waals surface area contributed by atoms with Gasteiger partial charge in [0.2, 0.25) is 5.95 Å². The SMILES string of the molecule is CC(C)CCC(C)(Nc1nccn1C)C(=O)O. The number of aryl methyl sites for hydroxylation is 1. The van der Waals surface area contributed by atoms with Gasteiger partial charge in [-0.2, -0.15) is 0 Å². The Hall–Kier alpha value is -1.52. The molecule has 1 atom stereocenters. The Kier molecular flexibility index (Phi) is 4.15. The Bertz CT molecular complexity index is 387. The smallest absolute Gasteiger partial charge is 0.329 e. The van der Waals surface area contributed by atoms with Crippen molar-refractivity contribution in [2.45, 2.75) is 39.2 Å². The van der Waals surface area contributed by atoms with Crippen molar-refractivity contribution < 1.29 is 9.90 Å².